The van der Waals surface area contributed by atoms with Crippen LogP contribution in [0.15, 0.2) is 30.9 Å². The maximum atomic E-state index is 6.06. The predicted molar refractivity (Wildman–Crippen MR) is 75.4 cm³/mol. The number of methoxy groups -OCH3 is 1. The zero-order valence-corrected chi connectivity index (χ0v) is 11.4. The van der Waals surface area contributed by atoms with Crippen molar-refractivity contribution in [1.82, 2.24) is 10.2 Å². The van der Waals surface area contributed by atoms with Crippen molar-refractivity contribution in [2.75, 3.05) is 33.3 Å². The molecule has 98 valence electrons. The molecule has 0 bridgehead atoms. The molecule has 3 nitrogen and oxygen atoms in total. The second-order valence-corrected chi connectivity index (χ2v) is 4.77. The summed E-state index contributed by atoms with van der Waals surface area (Å²) in [5.74, 6) is 0.719. The Bertz CT molecular complexity index is 416. The molecule has 1 aromatic rings. The van der Waals surface area contributed by atoms with Gasteiger partial charge in [-0.2, -0.15) is 0 Å². The van der Waals surface area contributed by atoms with E-state index in [1.807, 2.05) is 24.3 Å². The van der Waals surface area contributed by atoms with Gasteiger partial charge in [-0.1, -0.05) is 23.7 Å². The van der Waals surface area contributed by atoms with Gasteiger partial charge in [-0.3, -0.25) is 4.90 Å². The van der Waals surface area contributed by atoms with E-state index in [4.69, 9.17) is 16.3 Å². The van der Waals surface area contributed by atoms with E-state index in [9.17, 15) is 0 Å². The van der Waals surface area contributed by atoms with Gasteiger partial charge < -0.3 is 10.1 Å². The molecule has 0 radical (unpaired) electrons. The van der Waals surface area contributed by atoms with E-state index in [-0.39, 0.29) is 6.04 Å². The number of benzene rings is 1. The summed E-state index contributed by atoms with van der Waals surface area (Å²) in [4.78, 5) is 2.41. The van der Waals surface area contributed by atoms with Crippen molar-refractivity contribution in [3.05, 3.63) is 41.4 Å². The van der Waals surface area contributed by atoms with Crippen molar-refractivity contribution in [2.24, 2.45) is 0 Å². The third kappa shape index (κ3) is 2.86. The number of rotatable bonds is 4. The molecule has 0 saturated carbocycles. The monoisotopic (exact) mass is 266 g/mol. The van der Waals surface area contributed by atoms with Crippen LogP contribution in [0.4, 0.5) is 0 Å². The first-order valence-corrected chi connectivity index (χ1v) is 6.55. The van der Waals surface area contributed by atoms with Crippen LogP contribution in [-0.2, 0) is 0 Å². The topological polar surface area (TPSA) is 24.5 Å². The van der Waals surface area contributed by atoms with E-state index in [2.05, 4.69) is 16.8 Å². The largest absolute Gasteiger partial charge is 0.495 e. The lowest BCUT2D eigenvalue weighted by Gasteiger charge is -2.33. The molecule has 0 amide bonds. The van der Waals surface area contributed by atoms with Crippen molar-refractivity contribution in [2.45, 2.75) is 6.04 Å². The zero-order chi connectivity index (χ0) is 13.0. The summed E-state index contributed by atoms with van der Waals surface area (Å²) in [5.41, 5.74) is 1.17. The maximum Gasteiger partial charge on any atom is 0.137 e. The molecule has 1 saturated heterocycles. The first kappa shape index (κ1) is 13.4. The lowest BCUT2D eigenvalue weighted by atomic mass is 10.0. The quantitative estimate of drug-likeness (QED) is 0.848. The summed E-state index contributed by atoms with van der Waals surface area (Å²) in [5, 5.41) is 4.00. The normalized spacial score (nSPS) is 18.3. The number of piperazine rings is 1. The molecule has 0 spiro atoms. The average Bonchev–Trinajstić information content (AvgIpc) is 2.42. The van der Waals surface area contributed by atoms with Crippen LogP contribution >= 0.6 is 11.6 Å². The van der Waals surface area contributed by atoms with Gasteiger partial charge in [0, 0.05) is 26.2 Å². The van der Waals surface area contributed by atoms with Crippen LogP contribution in [0.25, 0.3) is 0 Å². The predicted octanol–water partition coefficient (Wildman–Crippen LogP) is 2.48. The van der Waals surface area contributed by atoms with Crippen molar-refractivity contribution in [1.29, 1.82) is 0 Å². The highest BCUT2D eigenvalue weighted by molar-refractivity contribution is 6.32. The van der Waals surface area contributed by atoms with Crippen LogP contribution in [0.2, 0.25) is 5.02 Å². The highest BCUT2D eigenvalue weighted by Crippen LogP contribution is 2.30. The van der Waals surface area contributed by atoms with Gasteiger partial charge in [-0.15, -0.1) is 6.58 Å². The molecule has 1 heterocycles. The SMILES string of the molecule is C=C[C@H](c1ccc(Cl)c(OC)c1)N1CCNCC1. The summed E-state index contributed by atoms with van der Waals surface area (Å²) >= 11 is 6.06. The second kappa shape index (κ2) is 6.23. The molecular formula is C14H19ClN2O. The first-order chi connectivity index (χ1) is 8.76. The summed E-state index contributed by atoms with van der Waals surface area (Å²) in [6.07, 6.45) is 1.98. The molecule has 1 fully saturated rings. The molecule has 1 aliphatic heterocycles. The summed E-state index contributed by atoms with van der Waals surface area (Å²) in [7, 11) is 1.64. The molecule has 1 N–H and O–H groups in total. The first-order valence-electron chi connectivity index (χ1n) is 6.17. The molecule has 2 rings (SSSR count). The summed E-state index contributed by atoms with van der Waals surface area (Å²) < 4.78 is 5.27. The fraction of sp³-hybridized carbons (Fsp3) is 0.429. The third-order valence-corrected chi connectivity index (χ3v) is 3.60. The van der Waals surface area contributed by atoms with Gasteiger partial charge in [0.15, 0.2) is 0 Å². The number of ether oxygens (including phenoxy) is 1. The molecule has 1 aliphatic rings. The molecule has 18 heavy (non-hydrogen) atoms. The Morgan fingerprint density at radius 3 is 2.78 bits per heavy atom. The fourth-order valence-electron chi connectivity index (χ4n) is 2.32. The number of nitrogens with zero attached hydrogens (tertiary/aromatic N) is 1. The number of hydrogen-bond donors (Lipinski definition) is 1. The van der Waals surface area contributed by atoms with Gasteiger partial charge in [-0.25, -0.2) is 0 Å². The molecule has 1 aromatic carbocycles. The van der Waals surface area contributed by atoms with Gasteiger partial charge in [0.05, 0.1) is 18.2 Å². The summed E-state index contributed by atoms with van der Waals surface area (Å²) in [6.45, 7) is 8.06. The standard InChI is InChI=1S/C14H19ClN2O/c1-3-13(17-8-6-16-7-9-17)11-4-5-12(15)14(10-11)18-2/h3-5,10,13,16H,1,6-9H2,2H3/t13-/m1/s1. The Morgan fingerprint density at radius 2 is 2.17 bits per heavy atom. The van der Waals surface area contributed by atoms with Crippen LogP contribution in [-0.4, -0.2) is 38.2 Å². The lowest BCUT2D eigenvalue weighted by molar-refractivity contribution is 0.203. The Hall–Kier alpha value is -1.03. The third-order valence-electron chi connectivity index (χ3n) is 3.28. The molecular weight excluding hydrogens is 248 g/mol. The molecule has 0 aliphatic carbocycles. The minimum atomic E-state index is 0.221. The van der Waals surface area contributed by atoms with Crippen LogP contribution in [0.3, 0.4) is 0 Å². The summed E-state index contributed by atoms with van der Waals surface area (Å²) in [6, 6.07) is 6.14. The van der Waals surface area contributed by atoms with Gasteiger partial charge >= 0.3 is 0 Å². The van der Waals surface area contributed by atoms with Gasteiger partial charge in [0.1, 0.15) is 5.75 Å². The fourth-order valence-corrected chi connectivity index (χ4v) is 2.51. The second-order valence-electron chi connectivity index (χ2n) is 4.36. The molecule has 0 unspecified atom stereocenters. The minimum absolute atomic E-state index is 0.221. The van der Waals surface area contributed by atoms with Gasteiger partial charge in [0.2, 0.25) is 0 Å². The smallest absolute Gasteiger partial charge is 0.137 e. The van der Waals surface area contributed by atoms with E-state index >= 15 is 0 Å². The van der Waals surface area contributed by atoms with E-state index in [0.717, 1.165) is 31.9 Å². The van der Waals surface area contributed by atoms with E-state index in [1.54, 1.807) is 7.11 Å². The highest BCUT2D eigenvalue weighted by Gasteiger charge is 2.20. The highest BCUT2D eigenvalue weighted by atomic mass is 35.5. The lowest BCUT2D eigenvalue weighted by Crippen LogP contribution is -2.44. The molecule has 0 aromatic heterocycles. The Labute approximate surface area is 113 Å². The van der Waals surface area contributed by atoms with Crippen molar-refractivity contribution < 1.29 is 4.74 Å². The van der Waals surface area contributed by atoms with Gasteiger partial charge in [-0.05, 0) is 17.7 Å². The van der Waals surface area contributed by atoms with E-state index in [1.165, 1.54) is 5.56 Å². The Balaban J connectivity index is 2.23. The Kier molecular flexibility index (Phi) is 4.64. The number of halogens is 1. The average molecular weight is 267 g/mol. The van der Waals surface area contributed by atoms with E-state index in [0.29, 0.717) is 5.02 Å². The number of hydrogen-bond acceptors (Lipinski definition) is 3. The van der Waals surface area contributed by atoms with Crippen LogP contribution in [0.1, 0.15) is 11.6 Å². The van der Waals surface area contributed by atoms with Crippen LogP contribution in [0.5, 0.6) is 5.75 Å². The maximum absolute atomic E-state index is 6.06. The van der Waals surface area contributed by atoms with Crippen LogP contribution < -0.4 is 10.1 Å². The minimum Gasteiger partial charge on any atom is -0.495 e. The molecule has 4 heteroatoms. The molecule has 1 atom stereocenters. The van der Waals surface area contributed by atoms with Gasteiger partial charge in [0.25, 0.3) is 0 Å². The zero-order valence-electron chi connectivity index (χ0n) is 10.7. The van der Waals surface area contributed by atoms with Crippen molar-refractivity contribution in [3.63, 3.8) is 0 Å². The van der Waals surface area contributed by atoms with Crippen molar-refractivity contribution >= 4 is 11.6 Å². The Morgan fingerprint density at radius 1 is 1.44 bits per heavy atom. The van der Waals surface area contributed by atoms with Crippen LogP contribution in [0, 0.1) is 0 Å². The van der Waals surface area contributed by atoms with E-state index < -0.39 is 0 Å². The number of nitrogens with one attached hydrogen (secondary N) is 1. The van der Waals surface area contributed by atoms with Crippen molar-refractivity contribution in [3.8, 4) is 5.75 Å².